The number of benzene rings is 2. The summed E-state index contributed by atoms with van der Waals surface area (Å²) in [4.78, 5) is 30.7. The third-order valence-corrected chi connectivity index (χ3v) is 4.96. The van der Waals surface area contributed by atoms with E-state index in [1.54, 1.807) is 10.6 Å². The Morgan fingerprint density at radius 3 is 2.57 bits per heavy atom. The second-order valence-electron chi connectivity index (χ2n) is 7.08. The number of aromatic nitrogens is 4. The Labute approximate surface area is 171 Å². The van der Waals surface area contributed by atoms with Gasteiger partial charge in [0.25, 0.3) is 5.56 Å². The van der Waals surface area contributed by atoms with Crippen LogP contribution in [0.15, 0.2) is 64.4 Å². The first-order valence-corrected chi connectivity index (χ1v) is 9.50. The number of nitrogens with zero attached hydrogens (tertiary/aromatic N) is 4. The van der Waals surface area contributed by atoms with Gasteiger partial charge in [0.15, 0.2) is 11.2 Å². The van der Waals surface area contributed by atoms with Gasteiger partial charge in [-0.25, -0.2) is 18.7 Å². The summed E-state index contributed by atoms with van der Waals surface area (Å²) in [6, 6.07) is 13.6. The number of methoxy groups -OCH3 is 1. The first kappa shape index (κ1) is 19.8. The van der Waals surface area contributed by atoms with E-state index in [9.17, 15) is 14.0 Å². The highest BCUT2D eigenvalue weighted by Gasteiger charge is 2.19. The number of fused-ring (bicyclic) bond motifs is 1. The van der Waals surface area contributed by atoms with Crippen LogP contribution in [0.4, 0.5) is 4.39 Å². The summed E-state index contributed by atoms with van der Waals surface area (Å²) < 4.78 is 23.0. The number of halogens is 1. The standard InChI is InChI=1S/C22H21FN4O3/c1-15-6-8-16(9-7-15)13-25-14-24-20-19(25)21(28)26(10-11-30-2)22(29)27(20)18-5-3-4-17(23)12-18/h3-9,12,14H,10-11,13H2,1-2H3. The number of hydrogen-bond donors (Lipinski definition) is 0. The van der Waals surface area contributed by atoms with Gasteiger partial charge in [-0.15, -0.1) is 0 Å². The van der Waals surface area contributed by atoms with Crippen LogP contribution in [-0.4, -0.2) is 32.4 Å². The minimum atomic E-state index is -0.587. The maximum Gasteiger partial charge on any atom is 0.337 e. The third kappa shape index (κ3) is 3.57. The second kappa shape index (κ2) is 8.08. The first-order chi connectivity index (χ1) is 14.5. The van der Waals surface area contributed by atoms with E-state index in [4.69, 9.17) is 4.74 Å². The van der Waals surface area contributed by atoms with Gasteiger partial charge in [0.05, 0.1) is 25.2 Å². The SMILES string of the molecule is COCCn1c(=O)c2c(ncn2Cc2ccc(C)cc2)n(-c2cccc(F)c2)c1=O. The molecule has 0 N–H and O–H groups in total. The van der Waals surface area contributed by atoms with Gasteiger partial charge in [0, 0.05) is 13.7 Å². The van der Waals surface area contributed by atoms with Crippen molar-refractivity contribution in [2.45, 2.75) is 20.0 Å². The average molecular weight is 408 g/mol. The molecule has 0 aliphatic heterocycles. The minimum Gasteiger partial charge on any atom is -0.383 e. The van der Waals surface area contributed by atoms with Crippen molar-refractivity contribution >= 4 is 11.2 Å². The Bertz CT molecular complexity index is 1320. The van der Waals surface area contributed by atoms with Gasteiger partial charge in [-0.05, 0) is 30.7 Å². The summed E-state index contributed by atoms with van der Waals surface area (Å²) in [6.07, 6.45) is 1.53. The van der Waals surface area contributed by atoms with E-state index in [1.807, 2.05) is 31.2 Å². The van der Waals surface area contributed by atoms with Crippen LogP contribution in [0.3, 0.4) is 0 Å². The van der Waals surface area contributed by atoms with Gasteiger partial charge >= 0.3 is 5.69 Å². The fraction of sp³-hybridized carbons (Fsp3) is 0.227. The molecule has 2 aromatic carbocycles. The van der Waals surface area contributed by atoms with Gasteiger partial charge in [-0.1, -0.05) is 35.9 Å². The normalized spacial score (nSPS) is 11.3. The van der Waals surface area contributed by atoms with Crippen molar-refractivity contribution in [3.63, 3.8) is 0 Å². The summed E-state index contributed by atoms with van der Waals surface area (Å²) in [7, 11) is 1.50. The molecule has 0 radical (unpaired) electrons. The van der Waals surface area contributed by atoms with E-state index in [0.29, 0.717) is 12.2 Å². The van der Waals surface area contributed by atoms with E-state index in [-0.39, 0.29) is 24.3 Å². The molecule has 2 heterocycles. The molecule has 0 atom stereocenters. The van der Waals surface area contributed by atoms with Crippen LogP contribution in [0.5, 0.6) is 0 Å². The molecule has 0 amide bonds. The Kier molecular flexibility index (Phi) is 5.33. The number of ether oxygens (including phenoxy) is 1. The summed E-state index contributed by atoms with van der Waals surface area (Å²) in [5, 5.41) is 0. The molecular weight excluding hydrogens is 387 g/mol. The van der Waals surface area contributed by atoms with E-state index < -0.39 is 17.1 Å². The van der Waals surface area contributed by atoms with Crippen LogP contribution in [0.1, 0.15) is 11.1 Å². The van der Waals surface area contributed by atoms with Crippen molar-refractivity contribution in [3.8, 4) is 5.69 Å². The van der Waals surface area contributed by atoms with Crippen LogP contribution >= 0.6 is 0 Å². The highest BCUT2D eigenvalue weighted by molar-refractivity contribution is 5.72. The summed E-state index contributed by atoms with van der Waals surface area (Å²) in [5.41, 5.74) is 1.85. The van der Waals surface area contributed by atoms with Gasteiger partial charge in [-0.3, -0.25) is 9.36 Å². The number of rotatable bonds is 6. The molecule has 0 saturated carbocycles. The second-order valence-corrected chi connectivity index (χ2v) is 7.08. The summed E-state index contributed by atoms with van der Waals surface area (Å²) in [5.74, 6) is -0.485. The molecule has 7 nitrogen and oxygen atoms in total. The largest absolute Gasteiger partial charge is 0.383 e. The van der Waals surface area contributed by atoms with Gasteiger partial charge in [-0.2, -0.15) is 0 Å². The average Bonchev–Trinajstić information content (AvgIpc) is 3.13. The minimum absolute atomic E-state index is 0.0785. The molecule has 0 aliphatic rings. The van der Waals surface area contributed by atoms with Crippen LogP contribution < -0.4 is 11.2 Å². The highest BCUT2D eigenvalue weighted by Crippen LogP contribution is 2.16. The Balaban J connectivity index is 1.96. The highest BCUT2D eigenvalue weighted by atomic mass is 19.1. The van der Waals surface area contributed by atoms with Crippen molar-refractivity contribution in [2.24, 2.45) is 0 Å². The zero-order valence-electron chi connectivity index (χ0n) is 16.7. The zero-order valence-corrected chi connectivity index (χ0v) is 16.7. The fourth-order valence-corrected chi connectivity index (χ4v) is 3.42. The van der Waals surface area contributed by atoms with Gasteiger partial charge in [0.2, 0.25) is 0 Å². The lowest BCUT2D eigenvalue weighted by atomic mass is 10.1. The molecular formula is C22H21FN4O3. The maximum absolute atomic E-state index is 13.9. The van der Waals surface area contributed by atoms with Gasteiger partial charge < -0.3 is 9.30 Å². The van der Waals surface area contributed by atoms with Crippen molar-refractivity contribution in [3.05, 3.63) is 92.6 Å². The molecule has 0 unspecified atom stereocenters. The molecule has 0 aliphatic carbocycles. The first-order valence-electron chi connectivity index (χ1n) is 9.50. The van der Waals surface area contributed by atoms with Crippen molar-refractivity contribution < 1.29 is 9.13 Å². The molecule has 0 fully saturated rings. The van der Waals surface area contributed by atoms with Crippen LogP contribution in [0.25, 0.3) is 16.9 Å². The Morgan fingerprint density at radius 2 is 1.87 bits per heavy atom. The van der Waals surface area contributed by atoms with Gasteiger partial charge in [0.1, 0.15) is 5.82 Å². The van der Waals surface area contributed by atoms with E-state index >= 15 is 0 Å². The molecule has 30 heavy (non-hydrogen) atoms. The number of aryl methyl sites for hydroxylation is 1. The van der Waals surface area contributed by atoms with Crippen molar-refractivity contribution in [1.29, 1.82) is 0 Å². The van der Waals surface area contributed by atoms with E-state index in [2.05, 4.69) is 4.98 Å². The molecule has 0 bridgehead atoms. The maximum atomic E-state index is 13.9. The lowest BCUT2D eigenvalue weighted by molar-refractivity contribution is 0.184. The number of imidazole rings is 1. The summed E-state index contributed by atoms with van der Waals surface area (Å²) in [6.45, 7) is 2.69. The third-order valence-electron chi connectivity index (χ3n) is 4.96. The lowest BCUT2D eigenvalue weighted by Gasteiger charge is -2.13. The van der Waals surface area contributed by atoms with E-state index in [0.717, 1.165) is 15.7 Å². The Morgan fingerprint density at radius 1 is 1.10 bits per heavy atom. The van der Waals surface area contributed by atoms with E-state index in [1.165, 1.54) is 36.2 Å². The molecule has 8 heteroatoms. The fourth-order valence-electron chi connectivity index (χ4n) is 3.42. The predicted octanol–water partition coefficient (Wildman–Crippen LogP) is 2.49. The van der Waals surface area contributed by atoms with Crippen molar-refractivity contribution in [2.75, 3.05) is 13.7 Å². The molecule has 154 valence electrons. The summed E-state index contributed by atoms with van der Waals surface area (Å²) >= 11 is 0. The number of hydrogen-bond acceptors (Lipinski definition) is 4. The van der Waals surface area contributed by atoms with Crippen LogP contribution in [-0.2, 0) is 17.8 Å². The molecule has 2 aromatic heterocycles. The van der Waals surface area contributed by atoms with Crippen LogP contribution in [0, 0.1) is 12.7 Å². The molecule has 4 aromatic rings. The predicted molar refractivity (Wildman–Crippen MR) is 112 cm³/mol. The van der Waals surface area contributed by atoms with Crippen molar-refractivity contribution in [1.82, 2.24) is 18.7 Å². The van der Waals surface area contributed by atoms with Crippen LogP contribution in [0.2, 0.25) is 0 Å². The monoisotopic (exact) mass is 408 g/mol. The lowest BCUT2D eigenvalue weighted by Crippen LogP contribution is -2.41. The molecule has 4 rings (SSSR count). The Hall–Kier alpha value is -3.52. The molecule has 0 spiro atoms. The topological polar surface area (TPSA) is 71.1 Å². The molecule has 0 saturated heterocycles. The quantitative estimate of drug-likeness (QED) is 0.492. The smallest absolute Gasteiger partial charge is 0.337 e. The zero-order chi connectivity index (χ0) is 21.3.